The van der Waals surface area contributed by atoms with Gasteiger partial charge in [-0.2, -0.15) is 0 Å². The molecule has 7 nitrogen and oxygen atoms in total. The summed E-state index contributed by atoms with van der Waals surface area (Å²) in [4.78, 5) is 27.5. The van der Waals surface area contributed by atoms with E-state index >= 15 is 0 Å². The molecule has 0 aliphatic carbocycles. The zero-order valence-corrected chi connectivity index (χ0v) is 20.2. The van der Waals surface area contributed by atoms with Gasteiger partial charge in [-0.1, -0.05) is 65.9 Å². The Morgan fingerprint density at radius 3 is 2.60 bits per heavy atom. The highest BCUT2D eigenvalue weighted by molar-refractivity contribution is 7.99. The van der Waals surface area contributed by atoms with E-state index in [0.29, 0.717) is 23.1 Å². The van der Waals surface area contributed by atoms with E-state index in [2.05, 4.69) is 21.6 Å². The maximum absolute atomic E-state index is 13.0. The number of nitrogens with one attached hydrogen (secondary N) is 1. The third-order valence-electron chi connectivity index (χ3n) is 5.92. The molecule has 0 bridgehead atoms. The summed E-state index contributed by atoms with van der Waals surface area (Å²) in [5, 5.41) is 12.2. The van der Waals surface area contributed by atoms with Gasteiger partial charge in [0.15, 0.2) is 11.0 Å². The number of anilines is 1. The van der Waals surface area contributed by atoms with E-state index in [1.165, 1.54) is 17.3 Å². The van der Waals surface area contributed by atoms with E-state index in [-0.39, 0.29) is 24.1 Å². The van der Waals surface area contributed by atoms with Crippen molar-refractivity contribution in [2.45, 2.75) is 25.0 Å². The number of benzene rings is 3. The molecule has 0 atom stereocenters. The minimum atomic E-state index is -0.173. The second-order valence-corrected chi connectivity index (χ2v) is 9.28. The van der Waals surface area contributed by atoms with Crippen LogP contribution in [-0.2, 0) is 17.8 Å². The number of nitrogens with zero attached hydrogens (tertiary/aromatic N) is 4. The molecule has 0 spiro atoms. The van der Waals surface area contributed by atoms with Crippen molar-refractivity contribution in [2.75, 3.05) is 17.2 Å². The Hall–Kier alpha value is -3.91. The quantitative estimate of drug-likeness (QED) is 0.399. The van der Waals surface area contributed by atoms with Crippen molar-refractivity contribution >= 4 is 29.3 Å². The highest BCUT2D eigenvalue weighted by Gasteiger charge is 2.25. The minimum Gasteiger partial charge on any atom is -0.345 e. The highest BCUT2D eigenvalue weighted by atomic mass is 32.2. The Labute approximate surface area is 208 Å². The number of hydrogen-bond donors (Lipinski definition) is 1. The molecule has 35 heavy (non-hydrogen) atoms. The SMILES string of the molecule is Cc1cccc(C(=O)NCc2nnc(SCC(=O)N3CCc4ccccc43)n2-c2ccccc2)c1. The van der Waals surface area contributed by atoms with Crippen molar-refractivity contribution in [1.29, 1.82) is 0 Å². The standard InChI is InChI=1S/C27H25N5O2S/c1-19-8-7-10-21(16-19)26(34)28-17-24-29-30-27(32(24)22-11-3-2-4-12-22)35-18-25(33)31-15-14-20-9-5-6-13-23(20)31/h2-13,16H,14-15,17-18H2,1H3,(H,28,34). The maximum atomic E-state index is 13.0. The van der Waals surface area contributed by atoms with Crippen molar-refractivity contribution in [3.05, 3.63) is 101 Å². The molecule has 0 saturated carbocycles. The third kappa shape index (κ3) is 4.97. The number of amides is 2. The van der Waals surface area contributed by atoms with E-state index < -0.39 is 0 Å². The van der Waals surface area contributed by atoms with Crippen LogP contribution in [0.15, 0.2) is 84.0 Å². The van der Waals surface area contributed by atoms with Gasteiger partial charge in [-0.05, 0) is 49.2 Å². The number of rotatable bonds is 7. The lowest BCUT2D eigenvalue weighted by atomic mass is 10.1. The molecular weight excluding hydrogens is 458 g/mol. The number of carbonyl (C=O) groups excluding carboxylic acids is 2. The van der Waals surface area contributed by atoms with Gasteiger partial charge >= 0.3 is 0 Å². The van der Waals surface area contributed by atoms with Gasteiger partial charge in [0.25, 0.3) is 5.91 Å². The largest absolute Gasteiger partial charge is 0.345 e. The van der Waals surface area contributed by atoms with Crippen LogP contribution in [0.5, 0.6) is 0 Å². The van der Waals surface area contributed by atoms with E-state index in [0.717, 1.165) is 23.4 Å². The number of thioether (sulfide) groups is 1. The molecule has 0 unspecified atom stereocenters. The number of hydrogen-bond acceptors (Lipinski definition) is 5. The van der Waals surface area contributed by atoms with Gasteiger partial charge in [-0.3, -0.25) is 14.2 Å². The van der Waals surface area contributed by atoms with E-state index in [1.54, 1.807) is 6.07 Å². The highest BCUT2D eigenvalue weighted by Crippen LogP contribution is 2.29. The molecule has 8 heteroatoms. The predicted molar refractivity (Wildman–Crippen MR) is 137 cm³/mol. The van der Waals surface area contributed by atoms with Gasteiger partial charge in [0, 0.05) is 23.5 Å². The van der Waals surface area contributed by atoms with Crippen molar-refractivity contribution < 1.29 is 9.59 Å². The van der Waals surface area contributed by atoms with Crippen LogP contribution in [0.4, 0.5) is 5.69 Å². The van der Waals surface area contributed by atoms with E-state index in [9.17, 15) is 9.59 Å². The minimum absolute atomic E-state index is 0.0388. The molecule has 1 aliphatic heterocycles. The van der Waals surface area contributed by atoms with Gasteiger partial charge in [0.1, 0.15) is 0 Å². The van der Waals surface area contributed by atoms with Crippen LogP contribution < -0.4 is 10.2 Å². The fourth-order valence-electron chi connectivity index (χ4n) is 4.19. The number of para-hydroxylation sites is 2. The first-order valence-electron chi connectivity index (χ1n) is 11.5. The van der Waals surface area contributed by atoms with Gasteiger partial charge in [0.2, 0.25) is 5.91 Å². The molecule has 2 heterocycles. The van der Waals surface area contributed by atoms with Crippen molar-refractivity contribution in [3.8, 4) is 5.69 Å². The molecular formula is C27H25N5O2S. The summed E-state index contributed by atoms with van der Waals surface area (Å²) in [5.41, 5.74) is 4.68. The molecule has 1 N–H and O–H groups in total. The lowest BCUT2D eigenvalue weighted by molar-refractivity contribution is -0.116. The van der Waals surface area contributed by atoms with Gasteiger partial charge in [-0.15, -0.1) is 10.2 Å². The summed E-state index contributed by atoms with van der Waals surface area (Å²) in [5.74, 6) is 0.707. The first-order chi connectivity index (χ1) is 17.1. The lowest BCUT2D eigenvalue weighted by Crippen LogP contribution is -2.30. The number of aryl methyl sites for hydroxylation is 1. The van der Waals surface area contributed by atoms with Crippen LogP contribution in [0.2, 0.25) is 0 Å². The second-order valence-electron chi connectivity index (χ2n) is 8.33. The van der Waals surface area contributed by atoms with Crippen LogP contribution in [0.25, 0.3) is 5.69 Å². The molecule has 0 saturated heterocycles. The Morgan fingerprint density at radius 1 is 0.971 bits per heavy atom. The fraction of sp³-hybridized carbons (Fsp3) is 0.185. The molecule has 4 aromatic rings. The zero-order valence-electron chi connectivity index (χ0n) is 19.3. The average molecular weight is 484 g/mol. The molecule has 2 amide bonds. The normalized spacial score (nSPS) is 12.4. The van der Waals surface area contributed by atoms with Gasteiger partial charge in [0.05, 0.1) is 12.3 Å². The van der Waals surface area contributed by atoms with E-state index in [4.69, 9.17) is 0 Å². The lowest BCUT2D eigenvalue weighted by Gasteiger charge is -2.17. The predicted octanol–water partition coefficient (Wildman–Crippen LogP) is 4.19. The van der Waals surface area contributed by atoms with Crippen LogP contribution in [0.3, 0.4) is 0 Å². The molecule has 0 fully saturated rings. The molecule has 3 aromatic carbocycles. The Morgan fingerprint density at radius 2 is 1.77 bits per heavy atom. The Balaban J connectivity index is 1.33. The molecule has 1 aromatic heterocycles. The summed E-state index contributed by atoms with van der Waals surface area (Å²) in [6, 6.07) is 25.2. The number of carbonyl (C=O) groups is 2. The third-order valence-corrected chi connectivity index (χ3v) is 6.83. The Bertz CT molecular complexity index is 1370. The van der Waals surface area contributed by atoms with E-state index in [1.807, 2.05) is 83.1 Å². The average Bonchev–Trinajstić information content (AvgIpc) is 3.50. The number of aromatic nitrogens is 3. The molecule has 0 radical (unpaired) electrons. The van der Waals surface area contributed by atoms with Gasteiger partial charge < -0.3 is 10.2 Å². The van der Waals surface area contributed by atoms with Crippen LogP contribution >= 0.6 is 11.8 Å². The van der Waals surface area contributed by atoms with Crippen molar-refractivity contribution in [2.24, 2.45) is 0 Å². The number of fused-ring (bicyclic) bond motifs is 1. The van der Waals surface area contributed by atoms with Crippen molar-refractivity contribution in [1.82, 2.24) is 20.1 Å². The summed E-state index contributed by atoms with van der Waals surface area (Å²) in [6.45, 7) is 2.86. The van der Waals surface area contributed by atoms with Gasteiger partial charge in [-0.25, -0.2) is 0 Å². The second kappa shape index (κ2) is 10.1. The summed E-state index contributed by atoms with van der Waals surface area (Å²) < 4.78 is 1.90. The smallest absolute Gasteiger partial charge is 0.251 e. The maximum Gasteiger partial charge on any atom is 0.251 e. The molecule has 5 rings (SSSR count). The molecule has 176 valence electrons. The van der Waals surface area contributed by atoms with Crippen molar-refractivity contribution in [3.63, 3.8) is 0 Å². The van der Waals surface area contributed by atoms with Crippen LogP contribution in [0, 0.1) is 6.92 Å². The first kappa shape index (κ1) is 22.9. The van der Waals surface area contributed by atoms with Crippen LogP contribution in [0.1, 0.15) is 27.3 Å². The monoisotopic (exact) mass is 483 g/mol. The topological polar surface area (TPSA) is 80.1 Å². The fourth-order valence-corrected chi connectivity index (χ4v) is 5.04. The zero-order chi connectivity index (χ0) is 24.2. The summed E-state index contributed by atoms with van der Waals surface area (Å²) in [6.07, 6.45) is 0.873. The summed E-state index contributed by atoms with van der Waals surface area (Å²) >= 11 is 1.35. The first-order valence-corrected chi connectivity index (χ1v) is 12.4. The van der Waals surface area contributed by atoms with Crippen LogP contribution in [-0.4, -0.2) is 38.9 Å². The molecule has 1 aliphatic rings. The Kier molecular flexibility index (Phi) is 6.63. The summed E-state index contributed by atoms with van der Waals surface area (Å²) in [7, 11) is 0.